The number of carbonyl (C=O) groups excluding carboxylic acids is 1. The minimum absolute atomic E-state index is 0.0878. The van der Waals surface area contributed by atoms with Gasteiger partial charge in [-0.3, -0.25) is 4.79 Å². The number of amides is 1. The summed E-state index contributed by atoms with van der Waals surface area (Å²) in [6.07, 6.45) is 1.83. The van der Waals surface area contributed by atoms with Gasteiger partial charge >= 0.3 is 0 Å². The van der Waals surface area contributed by atoms with Crippen molar-refractivity contribution in [1.29, 1.82) is 0 Å². The highest BCUT2D eigenvalue weighted by Gasteiger charge is 2.13. The summed E-state index contributed by atoms with van der Waals surface area (Å²) in [5.74, 6) is -0.362. The Morgan fingerprint density at radius 2 is 1.80 bits per heavy atom. The van der Waals surface area contributed by atoms with E-state index in [-0.39, 0.29) is 11.7 Å². The van der Waals surface area contributed by atoms with Gasteiger partial charge in [0.25, 0.3) is 5.91 Å². The first kappa shape index (κ1) is 17.0. The molecule has 0 radical (unpaired) electrons. The molecule has 0 bridgehead atoms. The van der Waals surface area contributed by atoms with Crippen LogP contribution < -0.4 is 5.32 Å². The number of aromatic nitrogens is 1. The second-order valence-corrected chi connectivity index (χ2v) is 6.07. The van der Waals surface area contributed by atoms with E-state index < -0.39 is 0 Å². The second-order valence-electron chi connectivity index (χ2n) is 6.07. The Hall–Kier alpha value is -2.88. The minimum atomic E-state index is -0.275. The Morgan fingerprint density at radius 1 is 1.08 bits per heavy atom. The van der Waals surface area contributed by atoms with Gasteiger partial charge in [-0.25, -0.2) is 4.39 Å². The van der Waals surface area contributed by atoms with Crippen LogP contribution in [0.2, 0.25) is 0 Å². The smallest absolute Gasteiger partial charge is 0.253 e. The van der Waals surface area contributed by atoms with Crippen LogP contribution in [0.3, 0.4) is 0 Å². The molecule has 0 aliphatic heterocycles. The fourth-order valence-corrected chi connectivity index (χ4v) is 2.81. The normalized spacial score (nSPS) is 10.6. The molecule has 1 aromatic heterocycles. The number of rotatable bonds is 6. The third-order valence-corrected chi connectivity index (χ3v) is 4.19. The lowest BCUT2D eigenvalue weighted by molar-refractivity contribution is 0.0953. The molecule has 4 heteroatoms. The molecule has 3 rings (SSSR count). The highest BCUT2D eigenvalue weighted by atomic mass is 19.1. The Kier molecular flexibility index (Phi) is 5.29. The lowest BCUT2D eigenvalue weighted by Crippen LogP contribution is -2.25. The number of aromatic amines is 1. The second kappa shape index (κ2) is 7.79. The summed E-state index contributed by atoms with van der Waals surface area (Å²) >= 11 is 0. The minimum Gasteiger partial charge on any atom is -0.358 e. The van der Waals surface area contributed by atoms with Crippen molar-refractivity contribution >= 4 is 5.91 Å². The number of carbonyl (C=O) groups is 1. The summed E-state index contributed by atoms with van der Waals surface area (Å²) in [5.41, 5.74) is 4.37. The Morgan fingerprint density at radius 3 is 2.52 bits per heavy atom. The topological polar surface area (TPSA) is 44.9 Å². The van der Waals surface area contributed by atoms with Crippen LogP contribution in [-0.4, -0.2) is 17.4 Å². The predicted molar refractivity (Wildman–Crippen MR) is 98.0 cm³/mol. The van der Waals surface area contributed by atoms with E-state index in [1.54, 1.807) is 12.1 Å². The number of hydrogen-bond acceptors (Lipinski definition) is 1. The molecule has 3 nitrogen and oxygen atoms in total. The van der Waals surface area contributed by atoms with Crippen molar-refractivity contribution in [3.05, 3.63) is 83.3 Å². The van der Waals surface area contributed by atoms with E-state index in [1.165, 1.54) is 17.7 Å². The molecule has 0 aliphatic rings. The zero-order valence-corrected chi connectivity index (χ0v) is 14.2. The zero-order chi connectivity index (χ0) is 17.6. The average Bonchev–Trinajstić information content (AvgIpc) is 3.02. The van der Waals surface area contributed by atoms with Crippen molar-refractivity contribution in [2.75, 3.05) is 6.54 Å². The number of halogens is 1. The van der Waals surface area contributed by atoms with Crippen LogP contribution in [0.25, 0.3) is 11.3 Å². The van der Waals surface area contributed by atoms with Gasteiger partial charge in [0.15, 0.2) is 0 Å². The third kappa shape index (κ3) is 4.35. The number of aryl methyl sites for hydroxylation is 2. The molecular weight excluding hydrogens is 315 g/mol. The molecule has 0 saturated heterocycles. The number of H-pyrrole nitrogens is 1. The molecule has 2 aromatic carbocycles. The monoisotopic (exact) mass is 336 g/mol. The maximum atomic E-state index is 13.0. The lowest BCUT2D eigenvalue weighted by Gasteiger charge is -2.05. The Bertz CT molecular complexity index is 838. The van der Waals surface area contributed by atoms with E-state index in [0.717, 1.165) is 29.8 Å². The van der Waals surface area contributed by atoms with Crippen LogP contribution in [0, 0.1) is 12.7 Å². The molecule has 2 N–H and O–H groups in total. The highest BCUT2D eigenvalue weighted by molar-refractivity contribution is 5.96. The quantitative estimate of drug-likeness (QED) is 0.640. The molecule has 25 heavy (non-hydrogen) atoms. The molecule has 0 atom stereocenters. The first-order valence-corrected chi connectivity index (χ1v) is 8.41. The van der Waals surface area contributed by atoms with Crippen molar-refractivity contribution in [3.8, 4) is 11.3 Å². The van der Waals surface area contributed by atoms with Crippen molar-refractivity contribution in [2.24, 2.45) is 0 Å². The summed E-state index contributed by atoms with van der Waals surface area (Å²) in [4.78, 5) is 15.6. The summed E-state index contributed by atoms with van der Waals surface area (Å²) in [5, 5.41) is 2.97. The van der Waals surface area contributed by atoms with Gasteiger partial charge in [0.2, 0.25) is 0 Å². The molecule has 1 heterocycles. The van der Waals surface area contributed by atoms with Crippen LogP contribution in [0.15, 0.2) is 60.7 Å². The van der Waals surface area contributed by atoms with E-state index in [9.17, 15) is 9.18 Å². The van der Waals surface area contributed by atoms with Gasteiger partial charge in [0, 0.05) is 17.9 Å². The van der Waals surface area contributed by atoms with Gasteiger partial charge in [-0.2, -0.15) is 0 Å². The predicted octanol–water partition coefficient (Wildman–Crippen LogP) is 4.49. The highest BCUT2D eigenvalue weighted by Crippen LogP contribution is 2.22. The van der Waals surface area contributed by atoms with Gasteiger partial charge in [-0.05, 0) is 61.2 Å². The maximum Gasteiger partial charge on any atom is 0.253 e. The fraction of sp³-hybridized carbons (Fsp3) is 0.190. The van der Waals surface area contributed by atoms with Crippen LogP contribution >= 0.6 is 0 Å². The van der Waals surface area contributed by atoms with Gasteiger partial charge in [0.1, 0.15) is 5.82 Å². The van der Waals surface area contributed by atoms with E-state index in [2.05, 4.69) is 22.4 Å². The molecule has 0 fully saturated rings. The lowest BCUT2D eigenvalue weighted by atomic mass is 10.1. The van der Waals surface area contributed by atoms with Crippen LogP contribution in [0.1, 0.15) is 28.0 Å². The molecule has 0 unspecified atom stereocenters. The summed E-state index contributed by atoms with van der Waals surface area (Å²) in [6.45, 7) is 2.50. The van der Waals surface area contributed by atoms with Gasteiger partial charge in [0.05, 0.1) is 5.56 Å². The van der Waals surface area contributed by atoms with E-state index in [0.29, 0.717) is 12.1 Å². The SMILES string of the molecule is Cc1[nH]c(-c2ccc(F)cc2)cc1C(=O)NCCCc1ccccc1. The molecule has 0 aliphatic carbocycles. The van der Waals surface area contributed by atoms with Crippen molar-refractivity contribution in [3.63, 3.8) is 0 Å². The number of hydrogen-bond donors (Lipinski definition) is 2. The van der Waals surface area contributed by atoms with Crippen molar-refractivity contribution in [2.45, 2.75) is 19.8 Å². The van der Waals surface area contributed by atoms with E-state index in [1.807, 2.05) is 31.2 Å². The van der Waals surface area contributed by atoms with Gasteiger partial charge < -0.3 is 10.3 Å². The third-order valence-electron chi connectivity index (χ3n) is 4.19. The van der Waals surface area contributed by atoms with E-state index in [4.69, 9.17) is 0 Å². The van der Waals surface area contributed by atoms with Crippen molar-refractivity contribution in [1.82, 2.24) is 10.3 Å². The fourth-order valence-electron chi connectivity index (χ4n) is 2.81. The molecule has 0 spiro atoms. The van der Waals surface area contributed by atoms with Crippen LogP contribution in [-0.2, 0) is 6.42 Å². The Balaban J connectivity index is 1.58. The largest absolute Gasteiger partial charge is 0.358 e. The first-order valence-electron chi connectivity index (χ1n) is 8.41. The van der Waals surface area contributed by atoms with Gasteiger partial charge in [-0.15, -0.1) is 0 Å². The first-order chi connectivity index (χ1) is 12.1. The van der Waals surface area contributed by atoms with Gasteiger partial charge in [-0.1, -0.05) is 30.3 Å². The zero-order valence-electron chi connectivity index (χ0n) is 14.2. The Labute approximate surface area is 146 Å². The summed E-state index contributed by atoms with van der Waals surface area (Å²) < 4.78 is 13.0. The van der Waals surface area contributed by atoms with Crippen molar-refractivity contribution < 1.29 is 9.18 Å². The van der Waals surface area contributed by atoms with Crippen LogP contribution in [0.4, 0.5) is 4.39 Å². The summed E-state index contributed by atoms with van der Waals surface area (Å²) in [6, 6.07) is 18.3. The van der Waals surface area contributed by atoms with E-state index >= 15 is 0 Å². The molecule has 128 valence electrons. The standard InChI is InChI=1S/C21H21FN2O/c1-15-19(14-20(24-15)17-9-11-18(22)12-10-17)21(25)23-13-5-8-16-6-3-2-4-7-16/h2-4,6-7,9-12,14,24H,5,8,13H2,1H3,(H,23,25). The molecule has 3 aromatic rings. The molecular formula is C21H21FN2O. The van der Waals surface area contributed by atoms with Crippen LogP contribution in [0.5, 0.6) is 0 Å². The summed E-state index contributed by atoms with van der Waals surface area (Å²) in [7, 11) is 0. The number of nitrogens with one attached hydrogen (secondary N) is 2. The number of benzene rings is 2. The molecule has 0 saturated carbocycles. The average molecular weight is 336 g/mol. The maximum absolute atomic E-state index is 13.0. The molecule has 1 amide bonds.